The van der Waals surface area contributed by atoms with E-state index < -0.39 is 12.1 Å². The van der Waals surface area contributed by atoms with Crippen LogP contribution in [0.25, 0.3) is 0 Å². The van der Waals surface area contributed by atoms with Gasteiger partial charge in [-0.3, -0.25) is 9.59 Å². The first-order valence-electron chi connectivity index (χ1n) is 6.98. The van der Waals surface area contributed by atoms with E-state index in [9.17, 15) is 9.59 Å². The van der Waals surface area contributed by atoms with E-state index in [4.69, 9.17) is 9.47 Å². The number of hydrogen-bond donors (Lipinski definition) is 1. The Kier molecular flexibility index (Phi) is 4.05. The fourth-order valence-corrected chi connectivity index (χ4v) is 2.18. The molecule has 112 valence electrons. The minimum atomic E-state index is -0.863. The SMILES string of the molecule is O=C(CC1Oc2ccccc2NC1=O)OCc1ccccc1. The molecule has 0 aromatic heterocycles. The van der Waals surface area contributed by atoms with Gasteiger partial charge in [-0.05, 0) is 17.7 Å². The van der Waals surface area contributed by atoms with Crippen LogP contribution in [0.3, 0.4) is 0 Å². The third-order valence-corrected chi connectivity index (χ3v) is 3.30. The number of amides is 1. The van der Waals surface area contributed by atoms with Gasteiger partial charge in [-0.2, -0.15) is 0 Å². The molecule has 0 radical (unpaired) electrons. The number of fused-ring (bicyclic) bond motifs is 1. The molecule has 1 heterocycles. The van der Waals surface area contributed by atoms with E-state index in [1.54, 1.807) is 24.3 Å². The molecule has 0 bridgehead atoms. The molecule has 0 spiro atoms. The van der Waals surface area contributed by atoms with Gasteiger partial charge in [0.05, 0.1) is 12.1 Å². The standard InChI is InChI=1S/C17H15NO4/c19-16(21-11-12-6-2-1-3-7-12)10-15-17(20)18-13-8-4-5-9-14(13)22-15/h1-9,15H,10-11H2,(H,18,20). The highest BCUT2D eigenvalue weighted by Gasteiger charge is 2.30. The fourth-order valence-electron chi connectivity index (χ4n) is 2.18. The lowest BCUT2D eigenvalue weighted by Crippen LogP contribution is -2.38. The van der Waals surface area contributed by atoms with Crippen molar-refractivity contribution in [2.24, 2.45) is 0 Å². The molecule has 0 fully saturated rings. The highest BCUT2D eigenvalue weighted by atomic mass is 16.5. The van der Waals surface area contributed by atoms with E-state index in [2.05, 4.69) is 5.32 Å². The number of ether oxygens (including phenoxy) is 2. The maximum Gasteiger partial charge on any atom is 0.310 e. The predicted molar refractivity (Wildman–Crippen MR) is 80.3 cm³/mol. The second-order valence-corrected chi connectivity index (χ2v) is 4.94. The summed E-state index contributed by atoms with van der Waals surface area (Å²) in [4.78, 5) is 23.8. The van der Waals surface area contributed by atoms with Gasteiger partial charge >= 0.3 is 5.97 Å². The van der Waals surface area contributed by atoms with Gasteiger partial charge < -0.3 is 14.8 Å². The summed E-state index contributed by atoms with van der Waals surface area (Å²) in [6, 6.07) is 16.5. The van der Waals surface area contributed by atoms with Gasteiger partial charge in [0.15, 0.2) is 6.10 Å². The lowest BCUT2D eigenvalue weighted by Gasteiger charge is -2.25. The number of carbonyl (C=O) groups is 2. The molecule has 1 aliphatic heterocycles. The number of carbonyl (C=O) groups excluding carboxylic acids is 2. The maximum absolute atomic E-state index is 11.9. The Hall–Kier alpha value is -2.82. The van der Waals surface area contributed by atoms with Gasteiger partial charge in [-0.1, -0.05) is 42.5 Å². The van der Waals surface area contributed by atoms with Crippen molar-refractivity contribution in [3.63, 3.8) is 0 Å². The second kappa shape index (κ2) is 6.30. The smallest absolute Gasteiger partial charge is 0.310 e. The Bertz CT molecular complexity index is 684. The predicted octanol–water partition coefficient (Wildman–Crippen LogP) is 2.52. The van der Waals surface area contributed by atoms with Crippen LogP contribution in [0.4, 0.5) is 5.69 Å². The van der Waals surface area contributed by atoms with Crippen molar-refractivity contribution in [1.29, 1.82) is 0 Å². The largest absolute Gasteiger partial charge is 0.478 e. The monoisotopic (exact) mass is 297 g/mol. The summed E-state index contributed by atoms with van der Waals surface area (Å²) >= 11 is 0. The van der Waals surface area contributed by atoms with Gasteiger partial charge in [0, 0.05) is 0 Å². The molecule has 3 rings (SSSR count). The summed E-state index contributed by atoms with van der Waals surface area (Å²) in [5.74, 6) is -0.248. The number of nitrogens with one attached hydrogen (secondary N) is 1. The van der Waals surface area contributed by atoms with Crippen LogP contribution in [0.2, 0.25) is 0 Å². The molecule has 5 heteroatoms. The minimum absolute atomic E-state index is 0.118. The summed E-state index contributed by atoms with van der Waals surface area (Å²) in [6.45, 7) is 0.185. The van der Waals surface area contributed by atoms with E-state index in [-0.39, 0.29) is 18.9 Å². The van der Waals surface area contributed by atoms with Crippen LogP contribution in [-0.2, 0) is 20.9 Å². The van der Waals surface area contributed by atoms with Crippen molar-refractivity contribution in [2.75, 3.05) is 5.32 Å². The van der Waals surface area contributed by atoms with Crippen LogP contribution >= 0.6 is 0 Å². The van der Waals surface area contributed by atoms with Crippen LogP contribution in [0.15, 0.2) is 54.6 Å². The van der Waals surface area contributed by atoms with Crippen LogP contribution < -0.4 is 10.1 Å². The van der Waals surface area contributed by atoms with Crippen molar-refractivity contribution in [3.05, 3.63) is 60.2 Å². The Morgan fingerprint density at radius 1 is 1.09 bits per heavy atom. The minimum Gasteiger partial charge on any atom is -0.478 e. The highest BCUT2D eigenvalue weighted by molar-refractivity contribution is 5.99. The summed E-state index contributed by atoms with van der Waals surface area (Å²) in [6.07, 6.45) is -0.981. The molecule has 1 amide bonds. The number of hydrogen-bond acceptors (Lipinski definition) is 4. The Morgan fingerprint density at radius 3 is 2.64 bits per heavy atom. The van der Waals surface area contributed by atoms with Crippen LogP contribution in [0, 0.1) is 0 Å². The quantitative estimate of drug-likeness (QED) is 0.881. The first-order chi connectivity index (χ1) is 10.7. The van der Waals surface area contributed by atoms with E-state index in [1.165, 1.54) is 0 Å². The summed E-state index contributed by atoms with van der Waals surface area (Å²) in [7, 11) is 0. The maximum atomic E-state index is 11.9. The molecule has 2 aromatic rings. The second-order valence-electron chi connectivity index (χ2n) is 4.94. The van der Waals surface area contributed by atoms with Crippen LogP contribution in [0.1, 0.15) is 12.0 Å². The van der Waals surface area contributed by atoms with Crippen molar-refractivity contribution >= 4 is 17.6 Å². The van der Waals surface area contributed by atoms with E-state index >= 15 is 0 Å². The average molecular weight is 297 g/mol. The molecule has 0 saturated carbocycles. The Labute approximate surface area is 127 Å². The van der Waals surface area contributed by atoms with Gasteiger partial charge in [-0.25, -0.2) is 0 Å². The summed E-state index contributed by atoms with van der Waals surface area (Å²) in [5, 5.41) is 2.72. The molecule has 1 N–H and O–H groups in total. The first kappa shape index (κ1) is 14.1. The van der Waals surface area contributed by atoms with Crippen molar-refractivity contribution in [1.82, 2.24) is 0 Å². The molecule has 0 saturated heterocycles. The first-order valence-corrected chi connectivity index (χ1v) is 6.98. The van der Waals surface area contributed by atoms with Crippen molar-refractivity contribution in [3.8, 4) is 5.75 Å². The molecular weight excluding hydrogens is 282 g/mol. The average Bonchev–Trinajstić information content (AvgIpc) is 2.55. The van der Waals surface area contributed by atoms with Crippen molar-refractivity contribution in [2.45, 2.75) is 19.1 Å². The topological polar surface area (TPSA) is 64.6 Å². The molecule has 0 aliphatic carbocycles. The Morgan fingerprint density at radius 2 is 1.82 bits per heavy atom. The molecule has 2 aromatic carbocycles. The highest BCUT2D eigenvalue weighted by Crippen LogP contribution is 2.29. The van der Waals surface area contributed by atoms with E-state index in [0.29, 0.717) is 11.4 Å². The molecule has 1 unspecified atom stereocenters. The van der Waals surface area contributed by atoms with Gasteiger partial charge in [0.25, 0.3) is 5.91 Å². The Balaban J connectivity index is 1.57. The fraction of sp³-hybridized carbons (Fsp3) is 0.176. The van der Waals surface area contributed by atoms with Gasteiger partial charge in [-0.15, -0.1) is 0 Å². The van der Waals surface area contributed by atoms with Crippen LogP contribution in [0.5, 0.6) is 5.75 Å². The number of esters is 1. The normalized spacial score (nSPS) is 16.2. The summed E-state index contributed by atoms with van der Waals surface area (Å²) < 4.78 is 10.7. The molecule has 1 atom stereocenters. The number of anilines is 1. The lowest BCUT2D eigenvalue weighted by molar-refractivity contribution is -0.149. The molecular formula is C17H15NO4. The van der Waals surface area contributed by atoms with Gasteiger partial charge in [0.2, 0.25) is 0 Å². The molecule has 5 nitrogen and oxygen atoms in total. The molecule has 1 aliphatic rings. The third kappa shape index (κ3) is 3.25. The van der Waals surface area contributed by atoms with Gasteiger partial charge in [0.1, 0.15) is 12.4 Å². The zero-order chi connectivity index (χ0) is 15.4. The zero-order valence-corrected chi connectivity index (χ0v) is 11.8. The summed E-state index contributed by atoms with van der Waals surface area (Å²) in [5.41, 5.74) is 1.51. The van der Waals surface area contributed by atoms with E-state index in [0.717, 1.165) is 5.56 Å². The van der Waals surface area contributed by atoms with E-state index in [1.807, 2.05) is 30.3 Å². The molecule has 22 heavy (non-hydrogen) atoms. The number of para-hydroxylation sites is 2. The lowest BCUT2D eigenvalue weighted by atomic mass is 10.1. The zero-order valence-electron chi connectivity index (χ0n) is 11.8. The van der Waals surface area contributed by atoms with Crippen LogP contribution in [-0.4, -0.2) is 18.0 Å². The number of benzene rings is 2. The number of rotatable bonds is 4. The van der Waals surface area contributed by atoms with Crippen molar-refractivity contribution < 1.29 is 19.1 Å². The third-order valence-electron chi connectivity index (χ3n) is 3.30.